The van der Waals surface area contributed by atoms with Crippen molar-refractivity contribution >= 4 is 39.9 Å². The first-order valence-corrected chi connectivity index (χ1v) is 8.52. The lowest BCUT2D eigenvalue weighted by atomic mass is 10.1. The predicted octanol–water partition coefficient (Wildman–Crippen LogP) is 4.09. The van der Waals surface area contributed by atoms with E-state index in [1.54, 1.807) is 36.4 Å². The van der Waals surface area contributed by atoms with Gasteiger partial charge in [0.05, 0.1) is 5.52 Å². The molecular weight excluding hydrogens is 352 g/mol. The highest BCUT2D eigenvalue weighted by Gasteiger charge is 2.10. The summed E-state index contributed by atoms with van der Waals surface area (Å²) in [6, 6.07) is 13.4. The zero-order valence-electron chi connectivity index (χ0n) is 14.1. The van der Waals surface area contributed by atoms with Gasteiger partial charge in [0.1, 0.15) is 0 Å². The molecule has 26 heavy (non-hydrogen) atoms. The topological polar surface area (TPSA) is 79.0 Å². The zero-order chi connectivity index (χ0) is 18.7. The van der Waals surface area contributed by atoms with Crippen LogP contribution in [0.1, 0.15) is 28.8 Å². The summed E-state index contributed by atoms with van der Waals surface area (Å²) >= 11 is 5.80. The van der Waals surface area contributed by atoms with Crippen LogP contribution in [0.5, 0.6) is 0 Å². The molecule has 0 saturated carbocycles. The smallest absolute Gasteiger partial charge is 0.248 e. The van der Waals surface area contributed by atoms with Gasteiger partial charge in [-0.15, -0.1) is 0 Å². The van der Waals surface area contributed by atoms with E-state index in [1.807, 2.05) is 13.0 Å². The molecular formula is C20H17ClN2O3. The lowest BCUT2D eigenvalue weighted by Crippen LogP contribution is -2.14. The Balaban J connectivity index is 1.64. The molecule has 0 spiro atoms. The minimum atomic E-state index is -0.262. The van der Waals surface area contributed by atoms with Crippen LogP contribution in [0.4, 0.5) is 5.69 Å². The first-order valence-electron chi connectivity index (χ1n) is 8.15. The maximum Gasteiger partial charge on any atom is 0.248 e. The molecule has 0 aliphatic carbocycles. The Morgan fingerprint density at radius 3 is 2.50 bits per heavy atom. The summed E-state index contributed by atoms with van der Waals surface area (Å²) in [5.41, 5.74) is 2.44. The normalized spacial score (nSPS) is 10.7. The van der Waals surface area contributed by atoms with E-state index in [4.69, 9.17) is 11.6 Å². The summed E-state index contributed by atoms with van der Waals surface area (Å²) in [7, 11) is 0. The number of hydrogen-bond acceptors (Lipinski definition) is 3. The van der Waals surface area contributed by atoms with Crippen LogP contribution in [0.15, 0.2) is 53.3 Å². The number of rotatable bonds is 5. The first kappa shape index (κ1) is 17.9. The standard InChI is InChI=1S/C20H17ClN2O3/c1-12-10-20(26)23-17-11-15(6-7-16(12)17)22-19(25)9-8-18(24)13-2-4-14(21)5-3-13/h2-7,10-11H,8-9H2,1H3,(H,22,25)(H,23,26). The van der Waals surface area contributed by atoms with Crippen LogP contribution in [0.25, 0.3) is 10.9 Å². The Morgan fingerprint density at radius 2 is 1.77 bits per heavy atom. The van der Waals surface area contributed by atoms with Gasteiger partial charge in [-0.1, -0.05) is 17.7 Å². The molecule has 0 saturated heterocycles. The van der Waals surface area contributed by atoms with Gasteiger partial charge in [-0.3, -0.25) is 14.4 Å². The number of nitrogens with one attached hydrogen (secondary N) is 2. The third-order valence-electron chi connectivity index (χ3n) is 4.08. The number of ketones is 1. The second-order valence-corrected chi connectivity index (χ2v) is 6.49. The first-order chi connectivity index (χ1) is 12.4. The number of aromatic nitrogens is 1. The Kier molecular flexibility index (Phi) is 5.19. The lowest BCUT2D eigenvalue weighted by molar-refractivity contribution is -0.116. The number of Topliss-reactive ketones (excluding diaryl/α,β-unsaturated/α-hetero) is 1. The second kappa shape index (κ2) is 7.54. The van der Waals surface area contributed by atoms with Gasteiger partial charge in [-0.25, -0.2) is 0 Å². The molecule has 0 fully saturated rings. The molecule has 6 heteroatoms. The maximum atomic E-state index is 12.1. The summed E-state index contributed by atoms with van der Waals surface area (Å²) in [5, 5.41) is 4.23. The fraction of sp³-hybridized carbons (Fsp3) is 0.150. The van der Waals surface area contributed by atoms with Crippen molar-refractivity contribution in [2.24, 2.45) is 0 Å². The van der Waals surface area contributed by atoms with E-state index in [-0.39, 0.29) is 30.1 Å². The molecule has 0 radical (unpaired) electrons. The third-order valence-corrected chi connectivity index (χ3v) is 4.33. The van der Waals surface area contributed by atoms with Gasteiger partial charge in [-0.2, -0.15) is 0 Å². The number of halogens is 1. The van der Waals surface area contributed by atoms with Gasteiger partial charge in [0.15, 0.2) is 5.78 Å². The fourth-order valence-corrected chi connectivity index (χ4v) is 2.87. The van der Waals surface area contributed by atoms with E-state index in [0.29, 0.717) is 21.8 Å². The van der Waals surface area contributed by atoms with Crippen LogP contribution < -0.4 is 10.9 Å². The molecule has 3 aromatic rings. The van der Waals surface area contributed by atoms with Crippen LogP contribution in [0.2, 0.25) is 5.02 Å². The van der Waals surface area contributed by atoms with E-state index in [0.717, 1.165) is 10.9 Å². The molecule has 0 aliphatic heterocycles. The van der Waals surface area contributed by atoms with E-state index in [2.05, 4.69) is 10.3 Å². The average molecular weight is 369 g/mol. The third kappa shape index (κ3) is 4.18. The summed E-state index contributed by atoms with van der Waals surface area (Å²) in [6.45, 7) is 1.86. The highest BCUT2D eigenvalue weighted by Crippen LogP contribution is 2.19. The molecule has 0 bridgehead atoms. The number of aryl methyl sites for hydroxylation is 1. The van der Waals surface area contributed by atoms with Gasteiger partial charge in [-0.05, 0) is 48.9 Å². The van der Waals surface area contributed by atoms with Crippen LogP contribution in [-0.2, 0) is 4.79 Å². The number of aromatic amines is 1. The average Bonchev–Trinajstić information content (AvgIpc) is 2.60. The summed E-state index contributed by atoms with van der Waals surface area (Å²) in [6.07, 6.45) is 0.181. The largest absolute Gasteiger partial charge is 0.326 e. The molecule has 1 amide bonds. The number of hydrogen-bond donors (Lipinski definition) is 2. The Bertz CT molecular complexity index is 1040. The van der Waals surface area contributed by atoms with Crippen LogP contribution >= 0.6 is 11.6 Å². The second-order valence-electron chi connectivity index (χ2n) is 6.06. The Morgan fingerprint density at radius 1 is 1.04 bits per heavy atom. The minimum Gasteiger partial charge on any atom is -0.326 e. The number of benzene rings is 2. The van der Waals surface area contributed by atoms with Crippen molar-refractivity contribution in [2.75, 3.05) is 5.32 Å². The summed E-state index contributed by atoms with van der Waals surface area (Å²) in [4.78, 5) is 38.5. The van der Waals surface area contributed by atoms with Crippen molar-refractivity contribution in [2.45, 2.75) is 19.8 Å². The van der Waals surface area contributed by atoms with E-state index < -0.39 is 0 Å². The highest BCUT2D eigenvalue weighted by molar-refractivity contribution is 6.30. The van der Waals surface area contributed by atoms with E-state index >= 15 is 0 Å². The van der Waals surface area contributed by atoms with E-state index in [9.17, 15) is 14.4 Å². The molecule has 2 aromatic carbocycles. The molecule has 1 aromatic heterocycles. The zero-order valence-corrected chi connectivity index (χ0v) is 14.9. The van der Waals surface area contributed by atoms with Crippen molar-refractivity contribution in [1.29, 1.82) is 0 Å². The van der Waals surface area contributed by atoms with Crippen molar-refractivity contribution in [1.82, 2.24) is 4.98 Å². The van der Waals surface area contributed by atoms with Crippen molar-refractivity contribution < 1.29 is 9.59 Å². The number of carbonyl (C=O) groups is 2. The number of fused-ring (bicyclic) bond motifs is 1. The molecule has 132 valence electrons. The van der Waals surface area contributed by atoms with Crippen molar-refractivity contribution in [3.8, 4) is 0 Å². The monoisotopic (exact) mass is 368 g/mol. The number of amides is 1. The maximum absolute atomic E-state index is 12.1. The molecule has 0 aliphatic rings. The molecule has 1 heterocycles. The minimum absolute atomic E-state index is 0.0732. The van der Waals surface area contributed by atoms with Crippen molar-refractivity contribution in [3.05, 3.63) is 75.0 Å². The summed E-state index contributed by atoms with van der Waals surface area (Å²) < 4.78 is 0. The van der Waals surface area contributed by atoms with Crippen LogP contribution in [-0.4, -0.2) is 16.7 Å². The van der Waals surface area contributed by atoms with Gasteiger partial charge in [0.2, 0.25) is 11.5 Å². The van der Waals surface area contributed by atoms with Crippen LogP contribution in [0, 0.1) is 6.92 Å². The molecule has 2 N–H and O–H groups in total. The quantitative estimate of drug-likeness (QED) is 0.665. The van der Waals surface area contributed by atoms with Gasteiger partial charge in [0.25, 0.3) is 0 Å². The van der Waals surface area contributed by atoms with Crippen molar-refractivity contribution in [3.63, 3.8) is 0 Å². The van der Waals surface area contributed by atoms with Gasteiger partial charge >= 0.3 is 0 Å². The number of pyridine rings is 1. The number of anilines is 1. The lowest BCUT2D eigenvalue weighted by Gasteiger charge is -2.08. The highest BCUT2D eigenvalue weighted by atomic mass is 35.5. The number of H-pyrrole nitrogens is 1. The van der Waals surface area contributed by atoms with Crippen LogP contribution in [0.3, 0.4) is 0 Å². The van der Waals surface area contributed by atoms with E-state index in [1.165, 1.54) is 6.07 Å². The predicted molar refractivity (Wildman–Crippen MR) is 103 cm³/mol. The molecule has 0 unspecified atom stereocenters. The SMILES string of the molecule is Cc1cc(=O)[nH]c2cc(NC(=O)CCC(=O)c3ccc(Cl)cc3)ccc12. The fourth-order valence-electron chi connectivity index (χ4n) is 2.74. The summed E-state index contributed by atoms with van der Waals surface area (Å²) in [5.74, 6) is -0.378. The van der Waals surface area contributed by atoms with Gasteiger partial charge < -0.3 is 10.3 Å². The molecule has 5 nitrogen and oxygen atoms in total. The number of carbonyl (C=O) groups excluding carboxylic acids is 2. The Labute approximate surface area is 155 Å². The van der Waals surface area contributed by atoms with Gasteiger partial charge in [0, 0.05) is 40.6 Å². The Hall–Kier alpha value is -2.92. The molecule has 0 atom stereocenters. The molecule has 3 rings (SSSR count).